The van der Waals surface area contributed by atoms with Crippen LogP contribution in [0.4, 0.5) is 10.2 Å². The molecule has 172 valence electrons. The Morgan fingerprint density at radius 3 is 2.56 bits per heavy atom. The van der Waals surface area contributed by atoms with E-state index in [1.807, 2.05) is 25.1 Å². The van der Waals surface area contributed by atoms with Crippen molar-refractivity contribution in [3.63, 3.8) is 0 Å². The molecule has 0 saturated heterocycles. The summed E-state index contributed by atoms with van der Waals surface area (Å²) in [6.07, 6.45) is 3.32. The number of aromatic nitrogens is 3. The van der Waals surface area contributed by atoms with Gasteiger partial charge in [-0.3, -0.25) is 0 Å². The molecule has 0 fully saturated rings. The van der Waals surface area contributed by atoms with Crippen molar-refractivity contribution in [2.45, 2.75) is 13.8 Å². The zero-order chi connectivity index (χ0) is 24.2. The third-order valence-corrected chi connectivity index (χ3v) is 5.33. The number of nitrogens with zero attached hydrogens (tertiary/aromatic N) is 4. The summed E-state index contributed by atoms with van der Waals surface area (Å²) >= 11 is 0. The molecular formula is C25H24FN7O. The minimum absolute atomic E-state index is 0.00469. The Hall–Kier alpha value is -4.53. The van der Waals surface area contributed by atoms with Gasteiger partial charge in [-0.2, -0.15) is 5.10 Å². The summed E-state index contributed by atoms with van der Waals surface area (Å²) in [5, 5.41) is 6.70. The number of hydrogen-bond acceptors (Lipinski definition) is 7. The molecule has 0 amide bonds. The van der Waals surface area contributed by atoms with Gasteiger partial charge in [0.15, 0.2) is 17.4 Å². The summed E-state index contributed by atoms with van der Waals surface area (Å²) in [7, 11) is 1.81. The molecule has 0 unspecified atom stereocenters. The van der Waals surface area contributed by atoms with E-state index < -0.39 is 5.82 Å². The average molecular weight is 458 g/mol. The van der Waals surface area contributed by atoms with Gasteiger partial charge in [0.1, 0.15) is 5.82 Å². The highest BCUT2D eigenvalue weighted by Gasteiger charge is 2.19. The molecule has 0 bridgehead atoms. The summed E-state index contributed by atoms with van der Waals surface area (Å²) in [6, 6.07) is 13.9. The number of nitrogens with one attached hydrogen (secondary N) is 1. The fourth-order valence-corrected chi connectivity index (χ4v) is 3.66. The summed E-state index contributed by atoms with van der Waals surface area (Å²) in [4.78, 5) is 12.6. The largest absolute Gasteiger partial charge is 0.421 e. The van der Waals surface area contributed by atoms with E-state index in [-0.39, 0.29) is 17.6 Å². The van der Waals surface area contributed by atoms with E-state index in [9.17, 15) is 0 Å². The van der Waals surface area contributed by atoms with Crippen molar-refractivity contribution < 1.29 is 9.13 Å². The smallest absolute Gasteiger partial charge is 0.322 e. The highest BCUT2D eigenvalue weighted by Crippen LogP contribution is 2.38. The third kappa shape index (κ3) is 4.49. The highest BCUT2D eigenvalue weighted by molar-refractivity contribution is 6.07. The van der Waals surface area contributed by atoms with Crippen LogP contribution in [0.15, 0.2) is 66.0 Å². The van der Waals surface area contributed by atoms with Crippen molar-refractivity contribution in [2.75, 3.05) is 12.4 Å². The van der Waals surface area contributed by atoms with Crippen molar-refractivity contribution in [3.05, 3.63) is 83.6 Å². The second-order valence-corrected chi connectivity index (χ2v) is 7.60. The van der Waals surface area contributed by atoms with Crippen LogP contribution < -0.4 is 21.6 Å². The Labute approximate surface area is 196 Å². The van der Waals surface area contributed by atoms with E-state index in [1.165, 1.54) is 12.1 Å². The summed E-state index contributed by atoms with van der Waals surface area (Å²) in [5.74, 6) is 5.79. The highest BCUT2D eigenvalue weighted by atomic mass is 19.1. The summed E-state index contributed by atoms with van der Waals surface area (Å²) in [5.41, 5.74) is 11.3. The zero-order valence-corrected chi connectivity index (χ0v) is 19.0. The van der Waals surface area contributed by atoms with Crippen molar-refractivity contribution in [1.29, 1.82) is 0 Å². The Kier molecular flexibility index (Phi) is 6.35. The van der Waals surface area contributed by atoms with Crippen LogP contribution >= 0.6 is 0 Å². The molecule has 5 N–H and O–H groups in total. The van der Waals surface area contributed by atoms with Crippen LogP contribution in [0.5, 0.6) is 11.8 Å². The Bertz CT molecular complexity index is 1390. The quantitative estimate of drug-likeness (QED) is 0.170. The van der Waals surface area contributed by atoms with Crippen LogP contribution in [0, 0.1) is 19.7 Å². The van der Waals surface area contributed by atoms with E-state index in [1.54, 1.807) is 44.6 Å². The maximum Gasteiger partial charge on any atom is 0.322 e. The number of halogens is 1. The van der Waals surface area contributed by atoms with E-state index in [4.69, 9.17) is 16.3 Å². The molecule has 0 aliphatic rings. The lowest BCUT2D eigenvalue weighted by atomic mass is 9.89. The number of pyridine rings is 1. The predicted molar refractivity (Wildman–Crippen MR) is 131 cm³/mol. The van der Waals surface area contributed by atoms with Gasteiger partial charge >= 0.3 is 6.01 Å². The molecule has 0 atom stereocenters. The molecule has 2 aromatic heterocycles. The number of rotatable bonds is 6. The van der Waals surface area contributed by atoms with Crippen LogP contribution in [0.2, 0.25) is 0 Å². The topological polar surface area (TPSA) is 124 Å². The van der Waals surface area contributed by atoms with E-state index >= 15 is 4.39 Å². The molecular weight excluding hydrogens is 433 g/mol. The number of hydrogen-bond donors (Lipinski definition) is 3. The van der Waals surface area contributed by atoms with Gasteiger partial charge in [-0.25, -0.2) is 19.3 Å². The number of anilines is 1. The monoisotopic (exact) mass is 457 g/mol. The Balaban J connectivity index is 1.85. The molecule has 4 rings (SSSR count). The number of aryl methyl sites for hydroxylation is 2. The first kappa shape index (κ1) is 22.7. The first-order chi connectivity index (χ1) is 16.4. The minimum Gasteiger partial charge on any atom is -0.421 e. The van der Waals surface area contributed by atoms with Gasteiger partial charge in [0, 0.05) is 41.8 Å². The lowest BCUT2D eigenvalue weighted by molar-refractivity contribution is 0.410. The molecule has 0 radical (unpaired) electrons. The molecule has 4 aromatic rings. The van der Waals surface area contributed by atoms with Gasteiger partial charge in [0.2, 0.25) is 0 Å². The van der Waals surface area contributed by atoms with Crippen molar-refractivity contribution >= 4 is 11.7 Å². The molecule has 0 spiro atoms. The zero-order valence-electron chi connectivity index (χ0n) is 19.0. The number of ether oxygens (including phenoxy) is 1. The van der Waals surface area contributed by atoms with Gasteiger partial charge in [-0.1, -0.05) is 24.3 Å². The van der Waals surface area contributed by atoms with Gasteiger partial charge in [-0.15, -0.1) is 0 Å². The second kappa shape index (κ2) is 9.53. The number of amidine groups is 1. The summed E-state index contributed by atoms with van der Waals surface area (Å²) in [6.45, 7) is 3.78. The maximum absolute atomic E-state index is 15.2. The van der Waals surface area contributed by atoms with Gasteiger partial charge in [0.25, 0.3) is 0 Å². The molecule has 2 heterocycles. The summed E-state index contributed by atoms with van der Waals surface area (Å²) < 4.78 is 20.7. The first-order valence-corrected chi connectivity index (χ1v) is 10.5. The van der Waals surface area contributed by atoms with Crippen LogP contribution in [-0.2, 0) is 0 Å². The fraction of sp³-hybridized carbons (Fsp3) is 0.120. The standard InChI is InChI=1S/C25H24FN7O/c1-14-11-22(29-3)31-13-19(14)17-5-4-6-18(24(27)33-28)23(17)16-7-8-21(20(26)12-16)34-25-30-10-9-15(2)32-25/h4-13H,28H2,1-3H3,(H2,27,33)(H,29,31). The number of hydrazone groups is 1. The van der Waals surface area contributed by atoms with E-state index in [0.717, 1.165) is 22.5 Å². The van der Waals surface area contributed by atoms with E-state index in [0.29, 0.717) is 22.4 Å². The lowest BCUT2D eigenvalue weighted by Crippen LogP contribution is -2.17. The van der Waals surface area contributed by atoms with Gasteiger partial charge in [0.05, 0.1) is 0 Å². The van der Waals surface area contributed by atoms with E-state index in [2.05, 4.69) is 25.4 Å². The van der Waals surface area contributed by atoms with Crippen molar-refractivity contribution in [3.8, 4) is 34.0 Å². The maximum atomic E-state index is 15.2. The number of benzene rings is 2. The first-order valence-electron chi connectivity index (χ1n) is 10.5. The normalized spacial score (nSPS) is 11.4. The molecule has 0 saturated carbocycles. The SMILES string of the molecule is CNc1cc(C)c(-c2cccc(/C(N)=N\N)c2-c2ccc(Oc3nccc(C)n3)c(F)c2)cn1. The third-order valence-electron chi connectivity index (χ3n) is 5.33. The molecule has 0 aliphatic carbocycles. The van der Waals surface area contributed by atoms with Crippen molar-refractivity contribution in [1.82, 2.24) is 15.0 Å². The Morgan fingerprint density at radius 2 is 1.88 bits per heavy atom. The lowest BCUT2D eigenvalue weighted by Gasteiger charge is -2.17. The Morgan fingerprint density at radius 1 is 1.06 bits per heavy atom. The van der Waals surface area contributed by atoms with Crippen molar-refractivity contribution in [2.24, 2.45) is 16.7 Å². The van der Waals surface area contributed by atoms with Crippen LogP contribution in [0.1, 0.15) is 16.8 Å². The van der Waals surface area contributed by atoms with Gasteiger partial charge < -0.3 is 21.6 Å². The predicted octanol–water partition coefficient (Wildman–Crippen LogP) is 4.37. The fourth-order valence-electron chi connectivity index (χ4n) is 3.66. The van der Waals surface area contributed by atoms with Gasteiger partial charge in [-0.05, 0) is 54.8 Å². The molecule has 34 heavy (non-hydrogen) atoms. The van der Waals surface area contributed by atoms with Crippen LogP contribution in [-0.4, -0.2) is 27.8 Å². The van der Waals surface area contributed by atoms with Crippen LogP contribution in [0.3, 0.4) is 0 Å². The number of nitrogens with two attached hydrogens (primary N) is 2. The molecule has 0 aliphatic heterocycles. The van der Waals surface area contributed by atoms with Crippen LogP contribution in [0.25, 0.3) is 22.3 Å². The molecule has 2 aromatic carbocycles. The average Bonchev–Trinajstić information content (AvgIpc) is 2.84. The molecule has 9 heteroatoms. The molecule has 8 nitrogen and oxygen atoms in total. The second-order valence-electron chi connectivity index (χ2n) is 7.60. The minimum atomic E-state index is -0.577.